The molecule has 0 fully saturated rings. The number of hydrogen-bond donors (Lipinski definition) is 0. The van der Waals surface area contributed by atoms with Gasteiger partial charge in [0.1, 0.15) is 12.1 Å². The normalized spacial score (nSPS) is 10.7. The topological polar surface area (TPSA) is 54.1 Å². The fourth-order valence-electron chi connectivity index (χ4n) is 1.65. The monoisotopic (exact) mass is 334 g/mol. The predicted molar refractivity (Wildman–Crippen MR) is 94.4 cm³/mol. The van der Waals surface area contributed by atoms with Crippen LogP contribution in [0.3, 0.4) is 0 Å². The van der Waals surface area contributed by atoms with Crippen LogP contribution in [0.1, 0.15) is 11.1 Å². The lowest BCUT2D eigenvalue weighted by Crippen LogP contribution is -2.15. The van der Waals surface area contributed by atoms with Crippen molar-refractivity contribution < 1.29 is 0 Å². The average molecular weight is 335 g/mol. The lowest BCUT2D eigenvalue weighted by molar-refractivity contribution is 0.437. The zero-order valence-corrected chi connectivity index (χ0v) is 15.2. The van der Waals surface area contributed by atoms with E-state index in [1.807, 2.05) is 40.3 Å². The molecular weight excluding hydrogens is 312 g/mol. The third-order valence-corrected chi connectivity index (χ3v) is 5.12. The first-order valence-electron chi connectivity index (χ1n) is 7.01. The van der Waals surface area contributed by atoms with Crippen LogP contribution in [0.25, 0.3) is 0 Å². The van der Waals surface area contributed by atoms with Gasteiger partial charge in [0, 0.05) is 34.4 Å². The van der Waals surface area contributed by atoms with Crippen LogP contribution in [0.4, 0.5) is 0 Å². The van der Waals surface area contributed by atoms with Gasteiger partial charge >= 0.3 is 0 Å². The number of hydrogen-bond acceptors (Lipinski definition) is 6. The van der Waals surface area contributed by atoms with Crippen molar-refractivity contribution in [1.82, 2.24) is 9.80 Å². The summed E-state index contributed by atoms with van der Waals surface area (Å²) in [6.07, 6.45) is 0. The van der Waals surface area contributed by atoms with Gasteiger partial charge in [-0.3, -0.25) is 0 Å². The van der Waals surface area contributed by atoms with E-state index >= 15 is 0 Å². The molecule has 0 unspecified atom stereocenters. The fourth-order valence-corrected chi connectivity index (χ4v) is 4.16. The molecule has 0 aromatic heterocycles. The maximum Gasteiger partial charge on any atom is 0.101 e. The van der Waals surface area contributed by atoms with Crippen molar-refractivity contribution >= 4 is 23.5 Å². The average Bonchev–Trinajstić information content (AvgIpc) is 2.47. The zero-order chi connectivity index (χ0) is 16.5. The van der Waals surface area contributed by atoms with Crippen LogP contribution in [-0.2, 0) is 0 Å². The molecule has 0 saturated heterocycles. The molecule has 0 N–H and O–H groups in total. The summed E-state index contributed by atoms with van der Waals surface area (Å²) >= 11 is 3.49. The Bertz CT molecular complexity index is 520. The van der Waals surface area contributed by atoms with Crippen LogP contribution >= 0.6 is 23.5 Å². The molecular formula is C16H22N4S2. The Hall–Kier alpha value is -1.18. The molecule has 0 atom stereocenters. The molecule has 0 aliphatic rings. The molecule has 1 aromatic rings. The fraction of sp³-hybridized carbons (Fsp3) is 0.500. The Balaban J connectivity index is 2.93. The third-order valence-electron chi connectivity index (χ3n) is 2.92. The Labute approximate surface area is 142 Å². The highest BCUT2D eigenvalue weighted by atomic mass is 32.2. The molecule has 0 aliphatic heterocycles. The third kappa shape index (κ3) is 6.29. The highest BCUT2D eigenvalue weighted by Gasteiger charge is 2.11. The molecule has 0 heterocycles. The summed E-state index contributed by atoms with van der Waals surface area (Å²) in [6, 6.07) is 7.96. The van der Waals surface area contributed by atoms with Crippen molar-refractivity contribution in [3.8, 4) is 12.1 Å². The van der Waals surface area contributed by atoms with Gasteiger partial charge in [0.15, 0.2) is 0 Å². The van der Waals surface area contributed by atoms with Crippen molar-refractivity contribution in [1.29, 1.82) is 10.5 Å². The molecule has 1 rings (SSSR count). The van der Waals surface area contributed by atoms with Gasteiger partial charge < -0.3 is 9.80 Å². The van der Waals surface area contributed by atoms with Gasteiger partial charge in [0.2, 0.25) is 0 Å². The maximum absolute atomic E-state index is 9.20. The van der Waals surface area contributed by atoms with Crippen molar-refractivity contribution in [3.05, 3.63) is 23.3 Å². The molecule has 0 amide bonds. The van der Waals surface area contributed by atoms with E-state index in [1.54, 1.807) is 23.5 Å². The minimum atomic E-state index is 0.465. The molecule has 118 valence electrons. The largest absolute Gasteiger partial charge is 0.309 e. The number of nitrogens with zero attached hydrogens (tertiary/aromatic N) is 4. The van der Waals surface area contributed by atoms with E-state index in [2.05, 4.69) is 21.9 Å². The highest BCUT2D eigenvalue weighted by molar-refractivity contribution is 8.02. The van der Waals surface area contributed by atoms with E-state index in [9.17, 15) is 10.5 Å². The van der Waals surface area contributed by atoms with Crippen molar-refractivity contribution in [2.75, 3.05) is 52.8 Å². The summed E-state index contributed by atoms with van der Waals surface area (Å²) in [5, 5.41) is 18.4. The summed E-state index contributed by atoms with van der Waals surface area (Å²) < 4.78 is 0. The van der Waals surface area contributed by atoms with Gasteiger partial charge in [-0.25, -0.2) is 0 Å². The van der Waals surface area contributed by atoms with Crippen LogP contribution in [-0.4, -0.2) is 62.6 Å². The van der Waals surface area contributed by atoms with Crippen LogP contribution in [0, 0.1) is 22.7 Å². The summed E-state index contributed by atoms with van der Waals surface area (Å²) in [7, 11) is 8.19. The van der Waals surface area contributed by atoms with Gasteiger partial charge in [-0.1, -0.05) is 0 Å². The Kier molecular flexibility index (Phi) is 8.37. The van der Waals surface area contributed by atoms with E-state index in [0.717, 1.165) is 34.4 Å². The summed E-state index contributed by atoms with van der Waals surface area (Å²) in [5.41, 5.74) is 0.929. The SMILES string of the molecule is CN(C)CCSc1cc(C#N)c(C#N)cc1SCCN(C)C. The molecule has 0 bridgehead atoms. The minimum Gasteiger partial charge on any atom is -0.309 e. The Morgan fingerprint density at radius 2 is 1.18 bits per heavy atom. The maximum atomic E-state index is 9.20. The quantitative estimate of drug-likeness (QED) is 0.681. The second-order valence-electron chi connectivity index (χ2n) is 5.37. The highest BCUT2D eigenvalue weighted by Crippen LogP contribution is 2.33. The molecule has 0 radical (unpaired) electrons. The lowest BCUT2D eigenvalue weighted by atomic mass is 10.1. The van der Waals surface area contributed by atoms with Gasteiger partial charge in [-0.2, -0.15) is 10.5 Å². The van der Waals surface area contributed by atoms with Gasteiger partial charge in [0.05, 0.1) is 11.1 Å². The van der Waals surface area contributed by atoms with E-state index in [-0.39, 0.29) is 0 Å². The summed E-state index contributed by atoms with van der Waals surface area (Å²) in [5.74, 6) is 1.93. The van der Waals surface area contributed by atoms with Crippen molar-refractivity contribution in [2.45, 2.75) is 9.79 Å². The summed E-state index contributed by atoms with van der Waals surface area (Å²) in [6.45, 7) is 1.96. The molecule has 4 nitrogen and oxygen atoms in total. The number of thioether (sulfide) groups is 2. The van der Waals surface area contributed by atoms with E-state index in [1.165, 1.54) is 0 Å². The van der Waals surface area contributed by atoms with Crippen LogP contribution in [0.5, 0.6) is 0 Å². The Morgan fingerprint density at radius 3 is 1.45 bits per heavy atom. The number of nitriles is 2. The molecule has 22 heavy (non-hydrogen) atoms. The zero-order valence-electron chi connectivity index (χ0n) is 13.6. The van der Waals surface area contributed by atoms with Gasteiger partial charge in [-0.05, 0) is 40.3 Å². The van der Waals surface area contributed by atoms with E-state index in [4.69, 9.17) is 0 Å². The predicted octanol–water partition coefficient (Wildman–Crippen LogP) is 2.74. The van der Waals surface area contributed by atoms with E-state index in [0.29, 0.717) is 11.1 Å². The molecule has 0 aliphatic carbocycles. The first-order valence-corrected chi connectivity index (χ1v) is 8.98. The Morgan fingerprint density at radius 1 is 0.818 bits per heavy atom. The standard InChI is InChI=1S/C16H22N4S2/c1-19(2)5-7-21-15-9-13(11-17)14(12-18)10-16(15)22-8-6-20(3)4/h9-10H,5-8H2,1-4H3. The second-order valence-corrected chi connectivity index (χ2v) is 7.65. The van der Waals surface area contributed by atoms with Crippen LogP contribution in [0.2, 0.25) is 0 Å². The minimum absolute atomic E-state index is 0.465. The number of rotatable bonds is 8. The van der Waals surface area contributed by atoms with Gasteiger partial charge in [0.25, 0.3) is 0 Å². The molecule has 6 heteroatoms. The second kappa shape index (κ2) is 9.76. The van der Waals surface area contributed by atoms with Crippen LogP contribution < -0.4 is 0 Å². The summed E-state index contributed by atoms with van der Waals surface area (Å²) in [4.78, 5) is 6.48. The molecule has 1 aromatic carbocycles. The first-order chi connectivity index (χ1) is 10.5. The number of benzene rings is 1. The lowest BCUT2D eigenvalue weighted by Gasteiger charge is -2.14. The first kappa shape index (κ1) is 18.9. The van der Waals surface area contributed by atoms with Crippen molar-refractivity contribution in [2.24, 2.45) is 0 Å². The smallest absolute Gasteiger partial charge is 0.101 e. The van der Waals surface area contributed by atoms with Crippen LogP contribution in [0.15, 0.2) is 21.9 Å². The van der Waals surface area contributed by atoms with Crippen molar-refractivity contribution in [3.63, 3.8) is 0 Å². The van der Waals surface area contributed by atoms with E-state index < -0.39 is 0 Å². The van der Waals surface area contributed by atoms with Gasteiger partial charge in [-0.15, -0.1) is 23.5 Å². The molecule has 0 spiro atoms. The molecule has 0 saturated carbocycles.